The number of alkyl halides is 6. The number of Topliss-reactive ketones (excluding diaryl/α,β-unsaturated/α-hetero) is 1. The SMILES string of the molecule is O=C(C[C@@H](c1ccc(C(F)(F)F)cc1)c1ncccc1C(F)(F)F)C1CCC(O)CC1. The fourth-order valence-corrected chi connectivity index (χ4v) is 3.98. The zero-order valence-electron chi connectivity index (χ0n) is 16.4. The summed E-state index contributed by atoms with van der Waals surface area (Å²) in [5.74, 6) is -1.83. The first-order valence-electron chi connectivity index (χ1n) is 9.87. The smallest absolute Gasteiger partial charge is 0.393 e. The highest BCUT2D eigenvalue weighted by Crippen LogP contribution is 2.40. The summed E-state index contributed by atoms with van der Waals surface area (Å²) in [6.07, 6.45) is -7.25. The van der Waals surface area contributed by atoms with Crippen LogP contribution in [0.5, 0.6) is 0 Å². The Bertz CT molecular complexity index is 899. The number of carbonyl (C=O) groups excluding carboxylic acids is 1. The Hall–Kier alpha value is -2.42. The Morgan fingerprint density at radius 1 is 0.968 bits per heavy atom. The van der Waals surface area contributed by atoms with Crippen LogP contribution in [0.3, 0.4) is 0 Å². The Balaban J connectivity index is 1.98. The average molecular weight is 445 g/mol. The van der Waals surface area contributed by atoms with E-state index in [1.807, 2.05) is 0 Å². The number of halogens is 6. The number of carbonyl (C=O) groups is 1. The van der Waals surface area contributed by atoms with Crippen LogP contribution >= 0.6 is 0 Å². The molecular weight excluding hydrogens is 424 g/mol. The normalized spacial score (nSPS) is 21.0. The Kier molecular flexibility index (Phi) is 6.73. The zero-order valence-corrected chi connectivity index (χ0v) is 16.4. The Morgan fingerprint density at radius 3 is 2.13 bits per heavy atom. The van der Waals surface area contributed by atoms with E-state index in [2.05, 4.69) is 4.98 Å². The van der Waals surface area contributed by atoms with Crippen molar-refractivity contribution in [3.63, 3.8) is 0 Å². The van der Waals surface area contributed by atoms with Gasteiger partial charge in [-0.25, -0.2) is 0 Å². The number of aliphatic hydroxyl groups is 1. The van der Waals surface area contributed by atoms with Crippen molar-refractivity contribution in [1.29, 1.82) is 0 Å². The molecule has 1 heterocycles. The fraction of sp³-hybridized carbons (Fsp3) is 0.455. The molecule has 0 amide bonds. The van der Waals surface area contributed by atoms with Crippen molar-refractivity contribution >= 4 is 5.78 Å². The van der Waals surface area contributed by atoms with Crippen LogP contribution in [-0.2, 0) is 17.1 Å². The predicted octanol–water partition coefficient (Wildman–Crippen LogP) is 5.76. The minimum absolute atomic E-state index is 0.154. The van der Waals surface area contributed by atoms with E-state index in [4.69, 9.17) is 0 Å². The van der Waals surface area contributed by atoms with E-state index in [0.717, 1.165) is 36.4 Å². The maximum atomic E-state index is 13.6. The fourth-order valence-electron chi connectivity index (χ4n) is 3.98. The second-order valence-electron chi connectivity index (χ2n) is 7.78. The van der Waals surface area contributed by atoms with Crippen LogP contribution in [0.4, 0.5) is 26.3 Å². The van der Waals surface area contributed by atoms with E-state index < -0.39 is 41.4 Å². The summed E-state index contributed by atoms with van der Waals surface area (Å²) < 4.78 is 79.5. The van der Waals surface area contributed by atoms with Crippen molar-refractivity contribution in [2.45, 2.75) is 56.5 Å². The maximum absolute atomic E-state index is 13.6. The summed E-state index contributed by atoms with van der Waals surface area (Å²) in [7, 11) is 0. The molecule has 3 nitrogen and oxygen atoms in total. The van der Waals surface area contributed by atoms with Gasteiger partial charge >= 0.3 is 12.4 Å². The number of hydrogen-bond donors (Lipinski definition) is 1. The number of benzene rings is 1. The molecule has 168 valence electrons. The summed E-state index contributed by atoms with van der Waals surface area (Å²) in [4.78, 5) is 16.7. The van der Waals surface area contributed by atoms with Crippen LogP contribution in [-0.4, -0.2) is 22.0 Å². The topological polar surface area (TPSA) is 50.2 Å². The van der Waals surface area contributed by atoms with Gasteiger partial charge in [0.05, 0.1) is 22.9 Å². The quantitative estimate of drug-likeness (QED) is 0.596. The molecule has 0 spiro atoms. The summed E-state index contributed by atoms with van der Waals surface area (Å²) in [6, 6.07) is 5.75. The molecule has 2 aromatic rings. The summed E-state index contributed by atoms with van der Waals surface area (Å²) in [5.41, 5.74) is -2.19. The lowest BCUT2D eigenvalue weighted by molar-refractivity contribution is -0.139. The van der Waals surface area contributed by atoms with Crippen molar-refractivity contribution in [3.05, 3.63) is 65.0 Å². The van der Waals surface area contributed by atoms with E-state index in [1.54, 1.807) is 0 Å². The van der Waals surface area contributed by atoms with E-state index >= 15 is 0 Å². The van der Waals surface area contributed by atoms with E-state index in [0.29, 0.717) is 25.7 Å². The van der Waals surface area contributed by atoms with E-state index in [-0.39, 0.29) is 23.5 Å². The molecule has 1 N–H and O–H groups in total. The van der Waals surface area contributed by atoms with E-state index in [9.17, 15) is 36.2 Å². The third-order valence-electron chi connectivity index (χ3n) is 5.67. The van der Waals surface area contributed by atoms with Crippen LogP contribution in [0.2, 0.25) is 0 Å². The molecule has 9 heteroatoms. The lowest BCUT2D eigenvalue weighted by Crippen LogP contribution is -2.26. The molecule has 1 aromatic heterocycles. The van der Waals surface area contributed by atoms with Crippen LogP contribution in [0.1, 0.15) is 60.4 Å². The predicted molar refractivity (Wildman–Crippen MR) is 100 cm³/mol. The standard InChI is InChI=1S/C22H21F6NO2/c23-21(24,25)15-7-3-13(4-8-15)17(12-19(31)14-5-9-16(30)10-6-14)20-18(22(26,27)28)2-1-11-29-20/h1-4,7-8,11,14,16-17,30H,5-6,9-10,12H2/t14?,16?,17-/m0/s1. The van der Waals surface area contributed by atoms with Gasteiger partial charge in [0, 0.05) is 24.5 Å². The Labute approximate surface area is 175 Å². The van der Waals surface area contributed by atoms with Crippen LogP contribution in [0, 0.1) is 5.92 Å². The van der Waals surface area contributed by atoms with Crippen molar-refractivity contribution in [1.82, 2.24) is 4.98 Å². The molecule has 1 aliphatic rings. The molecule has 0 saturated heterocycles. The van der Waals surface area contributed by atoms with Gasteiger partial charge in [0.2, 0.25) is 0 Å². The molecule has 1 fully saturated rings. The molecule has 0 radical (unpaired) electrons. The number of hydrogen-bond acceptors (Lipinski definition) is 3. The van der Waals surface area contributed by atoms with Crippen molar-refractivity contribution in [3.8, 4) is 0 Å². The second kappa shape index (κ2) is 8.98. The largest absolute Gasteiger partial charge is 0.418 e. The van der Waals surface area contributed by atoms with Gasteiger partial charge < -0.3 is 5.11 Å². The number of pyridine rings is 1. The van der Waals surface area contributed by atoms with Crippen LogP contribution in [0.25, 0.3) is 0 Å². The minimum atomic E-state index is -4.73. The molecule has 3 rings (SSSR count). The highest BCUT2D eigenvalue weighted by molar-refractivity contribution is 5.82. The van der Waals surface area contributed by atoms with Crippen LogP contribution < -0.4 is 0 Å². The van der Waals surface area contributed by atoms with Crippen LogP contribution in [0.15, 0.2) is 42.6 Å². The maximum Gasteiger partial charge on any atom is 0.418 e. The van der Waals surface area contributed by atoms with Gasteiger partial charge in [-0.1, -0.05) is 12.1 Å². The van der Waals surface area contributed by atoms with Gasteiger partial charge in [-0.3, -0.25) is 9.78 Å². The molecule has 31 heavy (non-hydrogen) atoms. The average Bonchev–Trinajstić information content (AvgIpc) is 2.71. The summed E-state index contributed by atoms with van der Waals surface area (Å²) in [5, 5.41) is 9.63. The van der Waals surface area contributed by atoms with Crippen molar-refractivity contribution < 1.29 is 36.2 Å². The number of aromatic nitrogens is 1. The van der Waals surface area contributed by atoms with Gasteiger partial charge in [0.15, 0.2) is 0 Å². The zero-order chi connectivity index (χ0) is 22.8. The number of nitrogens with zero attached hydrogens (tertiary/aromatic N) is 1. The highest BCUT2D eigenvalue weighted by Gasteiger charge is 2.38. The lowest BCUT2D eigenvalue weighted by Gasteiger charge is -2.27. The number of aliphatic hydroxyl groups excluding tert-OH is 1. The molecule has 1 atom stereocenters. The molecule has 0 bridgehead atoms. The van der Waals surface area contributed by atoms with E-state index in [1.165, 1.54) is 6.20 Å². The molecule has 1 saturated carbocycles. The monoisotopic (exact) mass is 445 g/mol. The van der Waals surface area contributed by atoms with Gasteiger partial charge in [-0.05, 0) is 55.5 Å². The second-order valence-corrected chi connectivity index (χ2v) is 7.78. The summed E-state index contributed by atoms with van der Waals surface area (Å²) in [6.45, 7) is 0. The van der Waals surface area contributed by atoms with Gasteiger partial charge in [0.1, 0.15) is 5.78 Å². The molecule has 1 aromatic carbocycles. The number of ketones is 1. The first-order valence-corrected chi connectivity index (χ1v) is 9.87. The third-order valence-corrected chi connectivity index (χ3v) is 5.67. The Morgan fingerprint density at radius 2 is 1.58 bits per heavy atom. The van der Waals surface area contributed by atoms with Gasteiger partial charge in [0.25, 0.3) is 0 Å². The third kappa shape index (κ3) is 5.64. The molecule has 0 unspecified atom stereocenters. The molecule has 1 aliphatic carbocycles. The first-order chi connectivity index (χ1) is 14.5. The summed E-state index contributed by atoms with van der Waals surface area (Å²) >= 11 is 0. The number of rotatable bonds is 5. The van der Waals surface area contributed by atoms with Crippen molar-refractivity contribution in [2.24, 2.45) is 5.92 Å². The first kappa shape index (κ1) is 23.2. The lowest BCUT2D eigenvalue weighted by atomic mass is 9.79. The van der Waals surface area contributed by atoms with Gasteiger partial charge in [-0.2, -0.15) is 26.3 Å². The molecular formula is C22H21F6NO2. The van der Waals surface area contributed by atoms with Crippen molar-refractivity contribution in [2.75, 3.05) is 0 Å². The van der Waals surface area contributed by atoms with Gasteiger partial charge in [-0.15, -0.1) is 0 Å². The minimum Gasteiger partial charge on any atom is -0.393 e. The highest BCUT2D eigenvalue weighted by atomic mass is 19.4. The molecule has 0 aliphatic heterocycles.